The van der Waals surface area contributed by atoms with E-state index in [1.165, 1.54) is 0 Å². The lowest BCUT2D eigenvalue weighted by molar-refractivity contribution is -0.119. The molecule has 9 heteroatoms. The van der Waals surface area contributed by atoms with Crippen molar-refractivity contribution in [1.82, 2.24) is 24.4 Å². The fraction of sp³-hybridized carbons (Fsp3) is 0.353. The van der Waals surface area contributed by atoms with Gasteiger partial charge in [-0.05, 0) is 12.5 Å². The Bertz CT molecular complexity index is 1040. The molecule has 0 radical (unpaired) electrons. The first-order chi connectivity index (χ1) is 12.7. The third-order valence-corrected chi connectivity index (χ3v) is 4.88. The molecule has 2 aliphatic rings. The summed E-state index contributed by atoms with van der Waals surface area (Å²) >= 11 is 0. The molecule has 0 bridgehead atoms. The van der Waals surface area contributed by atoms with Crippen molar-refractivity contribution in [3.05, 3.63) is 30.9 Å². The first-order valence-corrected chi connectivity index (χ1v) is 8.42. The molecule has 2 fully saturated rings. The maximum absolute atomic E-state index is 12.5. The molecule has 2 aliphatic heterocycles. The molecular formula is C17H15N7O2. The van der Waals surface area contributed by atoms with Gasteiger partial charge in [0.05, 0.1) is 49.6 Å². The summed E-state index contributed by atoms with van der Waals surface area (Å²) in [6, 6.07) is 4.13. The summed E-state index contributed by atoms with van der Waals surface area (Å²) < 4.78 is 8.79. The molecule has 26 heavy (non-hydrogen) atoms. The number of carbonyl (C=O) groups is 1. The molecule has 0 aromatic carbocycles. The van der Waals surface area contributed by atoms with E-state index >= 15 is 0 Å². The standard InChI is InChI=1S/C17H15N7O2/c18-5-11-2-4-22(17(11)25)16-15-1-3-19-24(15)8-14(21-16)12-6-20-23(7-12)13-9-26-10-13/h1,3,6-8,11,13H,2,4,9-10H2. The fourth-order valence-corrected chi connectivity index (χ4v) is 3.30. The van der Waals surface area contributed by atoms with E-state index in [1.54, 1.807) is 21.8 Å². The largest absolute Gasteiger partial charge is 0.377 e. The van der Waals surface area contributed by atoms with E-state index in [0.29, 0.717) is 37.7 Å². The highest BCUT2D eigenvalue weighted by Gasteiger charge is 2.34. The van der Waals surface area contributed by atoms with E-state index in [4.69, 9.17) is 15.0 Å². The van der Waals surface area contributed by atoms with Gasteiger partial charge in [-0.3, -0.25) is 14.4 Å². The van der Waals surface area contributed by atoms with Crippen molar-refractivity contribution in [2.45, 2.75) is 12.5 Å². The van der Waals surface area contributed by atoms with Crippen molar-refractivity contribution >= 4 is 17.2 Å². The van der Waals surface area contributed by atoms with Gasteiger partial charge in [-0.1, -0.05) is 0 Å². The zero-order valence-electron chi connectivity index (χ0n) is 13.8. The van der Waals surface area contributed by atoms with Crippen molar-refractivity contribution in [1.29, 1.82) is 5.26 Å². The predicted molar refractivity (Wildman–Crippen MR) is 90.1 cm³/mol. The molecule has 5 rings (SSSR count). The number of aromatic nitrogens is 5. The highest BCUT2D eigenvalue weighted by molar-refractivity contribution is 6.01. The number of amides is 1. The van der Waals surface area contributed by atoms with Crippen LogP contribution in [0.5, 0.6) is 0 Å². The van der Waals surface area contributed by atoms with Crippen LogP contribution < -0.4 is 4.90 Å². The number of hydrogen-bond acceptors (Lipinski definition) is 6. The lowest BCUT2D eigenvalue weighted by Crippen LogP contribution is -2.30. The van der Waals surface area contributed by atoms with Gasteiger partial charge in [-0.25, -0.2) is 9.50 Å². The summed E-state index contributed by atoms with van der Waals surface area (Å²) in [5.41, 5.74) is 2.26. The van der Waals surface area contributed by atoms with Crippen LogP contribution >= 0.6 is 0 Å². The van der Waals surface area contributed by atoms with Gasteiger partial charge in [0.2, 0.25) is 5.91 Å². The minimum absolute atomic E-state index is 0.206. The lowest BCUT2D eigenvalue weighted by Gasteiger charge is -2.25. The van der Waals surface area contributed by atoms with Crippen LogP contribution in [0.3, 0.4) is 0 Å². The monoisotopic (exact) mass is 349 g/mol. The molecule has 0 N–H and O–H groups in total. The molecule has 2 saturated heterocycles. The van der Waals surface area contributed by atoms with E-state index in [2.05, 4.69) is 16.3 Å². The molecule has 1 unspecified atom stereocenters. The van der Waals surface area contributed by atoms with Gasteiger partial charge in [0.1, 0.15) is 11.4 Å². The maximum Gasteiger partial charge on any atom is 0.245 e. The third kappa shape index (κ3) is 2.19. The van der Waals surface area contributed by atoms with Crippen LogP contribution in [0.2, 0.25) is 0 Å². The zero-order valence-corrected chi connectivity index (χ0v) is 13.8. The molecule has 0 spiro atoms. The number of carbonyl (C=O) groups excluding carboxylic acids is 1. The minimum atomic E-state index is -0.607. The van der Waals surface area contributed by atoms with Crippen molar-refractivity contribution in [3.63, 3.8) is 0 Å². The number of fused-ring (bicyclic) bond motifs is 1. The summed E-state index contributed by atoms with van der Waals surface area (Å²) in [5.74, 6) is -0.283. The van der Waals surface area contributed by atoms with Crippen LogP contribution in [0, 0.1) is 17.2 Å². The zero-order chi connectivity index (χ0) is 17.7. The van der Waals surface area contributed by atoms with E-state index in [1.807, 2.05) is 23.1 Å². The number of ether oxygens (including phenoxy) is 1. The van der Waals surface area contributed by atoms with Crippen LogP contribution in [-0.2, 0) is 9.53 Å². The Morgan fingerprint density at radius 1 is 1.27 bits per heavy atom. The Balaban J connectivity index is 1.58. The topological polar surface area (TPSA) is 101 Å². The van der Waals surface area contributed by atoms with Crippen LogP contribution in [0.15, 0.2) is 30.9 Å². The molecule has 9 nitrogen and oxygen atoms in total. The Hall–Kier alpha value is -3.25. The van der Waals surface area contributed by atoms with Gasteiger partial charge in [0.25, 0.3) is 0 Å². The van der Waals surface area contributed by atoms with Crippen molar-refractivity contribution in [3.8, 4) is 17.3 Å². The summed E-state index contributed by atoms with van der Waals surface area (Å²) in [4.78, 5) is 18.8. The molecular weight excluding hydrogens is 334 g/mol. The molecule has 3 aromatic rings. The average molecular weight is 349 g/mol. The second-order valence-corrected chi connectivity index (χ2v) is 6.47. The number of hydrogen-bond donors (Lipinski definition) is 0. The number of anilines is 1. The van der Waals surface area contributed by atoms with Crippen LogP contribution in [0.25, 0.3) is 16.8 Å². The van der Waals surface area contributed by atoms with Crippen molar-refractivity contribution in [2.24, 2.45) is 5.92 Å². The average Bonchev–Trinajstić information content (AvgIpc) is 3.31. The fourth-order valence-electron chi connectivity index (χ4n) is 3.30. The first kappa shape index (κ1) is 15.0. The molecule has 130 valence electrons. The van der Waals surface area contributed by atoms with Gasteiger partial charge in [-0.2, -0.15) is 15.5 Å². The highest BCUT2D eigenvalue weighted by atomic mass is 16.5. The number of nitrogens with zero attached hydrogens (tertiary/aromatic N) is 7. The lowest BCUT2D eigenvalue weighted by atomic mass is 10.1. The normalized spacial score (nSPS) is 20.5. The quantitative estimate of drug-likeness (QED) is 0.700. The minimum Gasteiger partial charge on any atom is -0.377 e. The van der Waals surface area contributed by atoms with E-state index in [0.717, 1.165) is 11.1 Å². The van der Waals surface area contributed by atoms with Crippen molar-refractivity contribution in [2.75, 3.05) is 24.7 Å². The molecule has 3 aromatic heterocycles. The second-order valence-electron chi connectivity index (χ2n) is 6.47. The van der Waals surface area contributed by atoms with Gasteiger partial charge < -0.3 is 4.74 Å². The molecule has 0 saturated carbocycles. The number of nitriles is 1. The van der Waals surface area contributed by atoms with Crippen LogP contribution in [0.1, 0.15) is 12.5 Å². The van der Waals surface area contributed by atoms with E-state index < -0.39 is 5.92 Å². The third-order valence-electron chi connectivity index (χ3n) is 4.88. The van der Waals surface area contributed by atoms with E-state index in [9.17, 15) is 4.79 Å². The van der Waals surface area contributed by atoms with Gasteiger partial charge in [0.15, 0.2) is 5.82 Å². The summed E-state index contributed by atoms with van der Waals surface area (Å²) in [7, 11) is 0. The summed E-state index contributed by atoms with van der Waals surface area (Å²) in [6.45, 7) is 1.80. The summed E-state index contributed by atoms with van der Waals surface area (Å²) in [6.07, 6.45) is 7.69. The molecule has 0 aliphatic carbocycles. The number of rotatable bonds is 3. The second kappa shape index (κ2) is 5.64. The van der Waals surface area contributed by atoms with E-state index in [-0.39, 0.29) is 11.9 Å². The van der Waals surface area contributed by atoms with Crippen LogP contribution in [-0.4, -0.2) is 50.0 Å². The predicted octanol–water partition coefficient (Wildman–Crippen LogP) is 1.04. The van der Waals surface area contributed by atoms with Crippen LogP contribution in [0.4, 0.5) is 5.82 Å². The SMILES string of the molecule is N#CC1CCN(c2nc(-c3cnn(C4COC4)c3)cn3nccc23)C1=O. The first-order valence-electron chi connectivity index (χ1n) is 8.42. The molecule has 1 amide bonds. The Labute approximate surface area is 148 Å². The Kier molecular flexibility index (Phi) is 3.26. The molecule has 1 atom stereocenters. The van der Waals surface area contributed by atoms with Gasteiger partial charge in [-0.15, -0.1) is 0 Å². The van der Waals surface area contributed by atoms with Gasteiger partial charge in [0, 0.05) is 18.3 Å². The smallest absolute Gasteiger partial charge is 0.245 e. The Morgan fingerprint density at radius 2 is 2.15 bits per heavy atom. The summed E-state index contributed by atoms with van der Waals surface area (Å²) in [5, 5.41) is 17.8. The molecule has 5 heterocycles. The highest BCUT2D eigenvalue weighted by Crippen LogP contribution is 2.30. The van der Waals surface area contributed by atoms with Gasteiger partial charge >= 0.3 is 0 Å². The Morgan fingerprint density at radius 3 is 2.88 bits per heavy atom. The maximum atomic E-state index is 12.5. The van der Waals surface area contributed by atoms with Crippen molar-refractivity contribution < 1.29 is 9.53 Å².